The van der Waals surface area contributed by atoms with E-state index in [-0.39, 0.29) is 44.9 Å². The molecular formula is C22H19F3N2O3S2. The number of imide groups is 1. The van der Waals surface area contributed by atoms with E-state index in [0.717, 1.165) is 33.4 Å². The number of fused-ring (bicyclic) bond motifs is 9. The molecule has 0 spiro atoms. The van der Waals surface area contributed by atoms with Crippen molar-refractivity contribution in [1.29, 1.82) is 0 Å². The van der Waals surface area contributed by atoms with Crippen LogP contribution in [0.3, 0.4) is 0 Å². The van der Waals surface area contributed by atoms with Crippen molar-refractivity contribution in [2.24, 2.45) is 29.6 Å². The number of anilines is 1. The number of carbonyl (C=O) groups is 2. The van der Waals surface area contributed by atoms with Crippen LogP contribution in [0.25, 0.3) is 0 Å². The topological polar surface area (TPSA) is 70.2 Å². The third-order valence-electron chi connectivity index (χ3n) is 7.82. The van der Waals surface area contributed by atoms with Gasteiger partial charge in [0.1, 0.15) is 0 Å². The molecule has 5 nitrogen and oxygen atoms in total. The molecular weight excluding hydrogens is 461 g/mol. The van der Waals surface area contributed by atoms with Crippen LogP contribution in [-0.2, 0) is 21.2 Å². The van der Waals surface area contributed by atoms with E-state index in [9.17, 15) is 27.6 Å². The largest absolute Gasteiger partial charge is 0.416 e. The van der Waals surface area contributed by atoms with Crippen molar-refractivity contribution in [3.05, 3.63) is 44.4 Å². The van der Waals surface area contributed by atoms with Crippen LogP contribution in [-0.4, -0.2) is 22.0 Å². The first-order valence-electron chi connectivity index (χ1n) is 10.5. The summed E-state index contributed by atoms with van der Waals surface area (Å²) in [6.45, 7) is 4.18. The Kier molecular flexibility index (Phi) is 4.03. The number of aromatic nitrogens is 1. The molecule has 168 valence electrons. The first-order valence-corrected chi connectivity index (χ1v) is 12.1. The second-order valence-corrected chi connectivity index (χ2v) is 11.8. The summed E-state index contributed by atoms with van der Waals surface area (Å²) in [7, 11) is 0. The molecule has 1 aromatic carbocycles. The lowest BCUT2D eigenvalue weighted by Crippen LogP contribution is -2.48. The molecule has 3 fully saturated rings. The number of H-pyrrole nitrogens is 1. The Morgan fingerprint density at radius 2 is 1.78 bits per heavy atom. The maximum atomic E-state index is 13.4. The minimum Gasteiger partial charge on any atom is -0.307 e. The fourth-order valence-corrected chi connectivity index (χ4v) is 9.88. The smallest absolute Gasteiger partial charge is 0.307 e. The molecule has 4 unspecified atom stereocenters. The number of alkyl halides is 3. The Morgan fingerprint density at radius 3 is 2.47 bits per heavy atom. The number of amides is 2. The molecule has 2 bridgehead atoms. The first-order chi connectivity index (χ1) is 15.0. The number of hydrogen-bond donors (Lipinski definition) is 1. The van der Waals surface area contributed by atoms with Crippen molar-refractivity contribution < 1.29 is 22.8 Å². The lowest BCUT2D eigenvalue weighted by Gasteiger charge is -2.47. The van der Waals surface area contributed by atoms with Gasteiger partial charge in [0.2, 0.25) is 11.8 Å². The quantitative estimate of drug-likeness (QED) is 0.619. The number of thiazole rings is 1. The van der Waals surface area contributed by atoms with Crippen LogP contribution in [0.15, 0.2) is 34.1 Å². The molecule has 10 heteroatoms. The van der Waals surface area contributed by atoms with E-state index in [0.29, 0.717) is 0 Å². The number of nitrogens with zero attached hydrogens (tertiary/aromatic N) is 1. The highest BCUT2D eigenvalue weighted by Crippen LogP contribution is 2.69. The predicted molar refractivity (Wildman–Crippen MR) is 114 cm³/mol. The van der Waals surface area contributed by atoms with E-state index in [1.807, 2.05) is 0 Å². The Bertz CT molecular complexity index is 1230. The highest BCUT2D eigenvalue weighted by molar-refractivity contribution is 8.00. The summed E-state index contributed by atoms with van der Waals surface area (Å²) in [6.07, 6.45) is -3.80. The van der Waals surface area contributed by atoms with Gasteiger partial charge in [0.25, 0.3) is 0 Å². The zero-order valence-electron chi connectivity index (χ0n) is 17.1. The maximum Gasteiger partial charge on any atom is 0.416 e. The summed E-state index contributed by atoms with van der Waals surface area (Å²) in [4.78, 5) is 43.6. The summed E-state index contributed by atoms with van der Waals surface area (Å²) in [5, 5.41) is 0.939. The normalized spacial score (nSPS) is 34.6. The van der Waals surface area contributed by atoms with Gasteiger partial charge in [-0.2, -0.15) is 13.2 Å². The summed E-state index contributed by atoms with van der Waals surface area (Å²) in [6, 6.07) is 4.44. The van der Waals surface area contributed by atoms with E-state index >= 15 is 0 Å². The van der Waals surface area contributed by atoms with Crippen molar-refractivity contribution in [3.8, 4) is 0 Å². The molecule has 2 amide bonds. The number of thioether (sulfide) groups is 1. The lowest BCUT2D eigenvalue weighted by atomic mass is 9.64. The lowest BCUT2D eigenvalue weighted by molar-refractivity contribution is -0.137. The molecule has 1 aromatic heterocycles. The van der Waals surface area contributed by atoms with Gasteiger partial charge in [-0.3, -0.25) is 19.3 Å². The highest BCUT2D eigenvalue weighted by atomic mass is 32.2. The Balaban J connectivity index is 1.40. The van der Waals surface area contributed by atoms with Gasteiger partial charge in [0, 0.05) is 15.5 Å². The molecule has 2 saturated carbocycles. The molecule has 1 saturated heterocycles. The van der Waals surface area contributed by atoms with E-state index in [1.54, 1.807) is 11.8 Å². The second kappa shape index (κ2) is 6.28. The number of rotatable bonds is 1. The Morgan fingerprint density at radius 1 is 1.09 bits per heavy atom. The standard InChI is InChI=1S/C22H19F3N2O3S2/c1-21(2)14-10-7-11(15(14)31-17-16(21)32-20(30)26-17)13-12(10)18(28)27(19(13)29)9-5-3-4-8(6-9)22(23,24)25/h3-6,10-15H,7H2,1-2H3,(H,26,30)/t10-,11+,12?,13?,14?,15?/m0/s1. The van der Waals surface area contributed by atoms with Crippen LogP contribution < -0.4 is 9.77 Å². The average Bonchev–Trinajstić information content (AvgIpc) is 3.43. The van der Waals surface area contributed by atoms with Crippen LogP contribution in [0.5, 0.6) is 0 Å². The molecule has 1 N–H and O–H groups in total. The minimum atomic E-state index is -4.55. The second-order valence-electron chi connectivity index (χ2n) is 9.68. The zero-order valence-corrected chi connectivity index (χ0v) is 18.7. The summed E-state index contributed by atoms with van der Waals surface area (Å²) in [5.74, 6) is -1.76. The third kappa shape index (κ3) is 2.50. The van der Waals surface area contributed by atoms with Gasteiger partial charge < -0.3 is 4.98 Å². The summed E-state index contributed by atoms with van der Waals surface area (Å²) in [5.41, 5.74) is -1.22. The van der Waals surface area contributed by atoms with Gasteiger partial charge in [-0.1, -0.05) is 31.3 Å². The molecule has 2 aromatic rings. The number of aromatic amines is 1. The van der Waals surface area contributed by atoms with Gasteiger partial charge in [-0.15, -0.1) is 11.8 Å². The van der Waals surface area contributed by atoms with E-state index < -0.39 is 29.5 Å². The maximum absolute atomic E-state index is 13.4. The van der Waals surface area contributed by atoms with E-state index in [2.05, 4.69) is 18.8 Å². The molecule has 2 aliphatic heterocycles. The zero-order chi connectivity index (χ0) is 22.7. The number of benzene rings is 1. The van der Waals surface area contributed by atoms with E-state index in [4.69, 9.17) is 0 Å². The SMILES string of the molecule is CC1(C)c2sc(=O)[nH]c2SC2C1[C@H]1C[C@@H]2C2C(=O)N(c3cccc(C(F)(F)F)c3)C(=O)C21. The van der Waals surface area contributed by atoms with Gasteiger partial charge in [-0.05, 0) is 42.4 Å². The van der Waals surface area contributed by atoms with Crippen molar-refractivity contribution in [1.82, 2.24) is 4.98 Å². The van der Waals surface area contributed by atoms with Gasteiger partial charge >= 0.3 is 11.0 Å². The van der Waals surface area contributed by atoms with Gasteiger partial charge in [0.15, 0.2) is 0 Å². The number of carbonyl (C=O) groups excluding carboxylic acids is 2. The number of hydrogen-bond acceptors (Lipinski definition) is 5. The molecule has 4 aliphatic rings. The third-order valence-corrected chi connectivity index (χ3v) is 10.6. The molecule has 6 atom stereocenters. The monoisotopic (exact) mass is 480 g/mol. The van der Waals surface area contributed by atoms with Crippen molar-refractivity contribution in [2.75, 3.05) is 4.90 Å². The van der Waals surface area contributed by atoms with Crippen LogP contribution >= 0.6 is 23.1 Å². The van der Waals surface area contributed by atoms with E-state index in [1.165, 1.54) is 23.5 Å². The number of halogens is 3. The van der Waals surface area contributed by atoms with Crippen molar-refractivity contribution in [3.63, 3.8) is 0 Å². The van der Waals surface area contributed by atoms with Gasteiger partial charge in [-0.25, -0.2) is 0 Å². The average molecular weight is 481 g/mol. The van der Waals surface area contributed by atoms with Gasteiger partial charge in [0.05, 0.1) is 28.1 Å². The summed E-state index contributed by atoms with van der Waals surface area (Å²) < 4.78 is 39.6. The summed E-state index contributed by atoms with van der Waals surface area (Å²) >= 11 is 2.79. The number of nitrogens with one attached hydrogen (secondary N) is 1. The molecule has 2 aliphatic carbocycles. The van der Waals surface area contributed by atoms with Crippen molar-refractivity contribution >= 4 is 40.6 Å². The molecule has 0 radical (unpaired) electrons. The molecule has 32 heavy (non-hydrogen) atoms. The van der Waals surface area contributed by atoms with Crippen LogP contribution in [0.1, 0.15) is 30.7 Å². The van der Waals surface area contributed by atoms with Crippen LogP contribution in [0.4, 0.5) is 18.9 Å². The molecule has 3 heterocycles. The Labute approximate surface area is 189 Å². The molecule has 6 rings (SSSR count). The first kappa shape index (κ1) is 20.5. The van der Waals surface area contributed by atoms with Crippen LogP contribution in [0.2, 0.25) is 0 Å². The fraction of sp³-hybridized carbons (Fsp3) is 0.500. The highest BCUT2D eigenvalue weighted by Gasteiger charge is 2.70. The minimum absolute atomic E-state index is 0.0121. The Hall–Kier alpha value is -2.07. The van der Waals surface area contributed by atoms with Crippen LogP contribution in [0, 0.1) is 29.6 Å². The van der Waals surface area contributed by atoms with Crippen molar-refractivity contribution in [2.45, 2.75) is 42.1 Å². The fourth-order valence-electron chi connectivity index (χ4n) is 6.73. The predicted octanol–water partition coefficient (Wildman–Crippen LogP) is 4.28.